The van der Waals surface area contributed by atoms with Crippen molar-refractivity contribution in [2.24, 2.45) is 0 Å². The molecule has 0 bridgehead atoms. The van der Waals surface area contributed by atoms with Gasteiger partial charge in [-0.1, -0.05) is 0 Å². The quantitative estimate of drug-likeness (QED) is 0.908. The summed E-state index contributed by atoms with van der Waals surface area (Å²) in [6.07, 6.45) is -4.84. The molecule has 7 heteroatoms. The molecule has 0 aliphatic heterocycles. The predicted octanol–water partition coefficient (Wildman–Crippen LogP) is 3.16. The summed E-state index contributed by atoms with van der Waals surface area (Å²) in [5.74, 6) is -1.15. The summed E-state index contributed by atoms with van der Waals surface area (Å²) in [6, 6.07) is 0. The van der Waals surface area contributed by atoms with Crippen LogP contribution in [-0.4, -0.2) is 11.1 Å². The predicted molar refractivity (Wildman–Crippen MR) is 48.4 cm³/mol. The van der Waals surface area contributed by atoms with Crippen LogP contribution in [0.15, 0.2) is 9.85 Å². The summed E-state index contributed by atoms with van der Waals surface area (Å²) in [4.78, 5) is 10.5. The van der Waals surface area contributed by atoms with Crippen molar-refractivity contribution in [1.29, 1.82) is 0 Å². The molecule has 0 radical (unpaired) electrons. The van der Waals surface area contributed by atoms with Crippen LogP contribution >= 0.6 is 27.3 Å². The number of hydrogen-bond donors (Lipinski definition) is 1. The Hall–Kier alpha value is -0.560. The summed E-state index contributed by atoms with van der Waals surface area (Å²) >= 11 is 3.53. The van der Waals surface area contributed by atoms with Crippen LogP contribution in [-0.2, 0) is 17.4 Å². The molecule has 1 N–H and O–H groups in total. The van der Waals surface area contributed by atoms with Crippen molar-refractivity contribution in [3.05, 3.63) is 20.3 Å². The molecule has 0 unspecified atom stereocenters. The Bertz CT molecular complexity index is 358. The lowest BCUT2D eigenvalue weighted by molar-refractivity contribution is -0.138. The maximum atomic E-state index is 12.2. The van der Waals surface area contributed by atoms with Gasteiger partial charge in [-0.3, -0.25) is 4.79 Å². The average molecular weight is 289 g/mol. The standard InChI is InChI=1S/C7H4BrF3O2S/c8-6-3(7(9,10)11)2-14-4(6)1-5(12)13/h2H,1H2,(H,12,13). The van der Waals surface area contributed by atoms with Crippen LogP contribution in [0.1, 0.15) is 10.4 Å². The number of alkyl halides is 3. The number of carboxylic acids is 1. The molecule has 78 valence electrons. The first-order chi connectivity index (χ1) is 6.32. The number of carboxylic acid groups (broad SMARTS) is 1. The second-order valence-corrected chi connectivity index (χ2v) is 4.21. The molecule has 0 saturated heterocycles. The summed E-state index contributed by atoms with van der Waals surface area (Å²) in [5, 5.41) is 9.31. The Morgan fingerprint density at radius 3 is 2.50 bits per heavy atom. The van der Waals surface area contributed by atoms with Gasteiger partial charge in [-0.05, 0) is 15.9 Å². The Balaban J connectivity index is 3.03. The zero-order chi connectivity index (χ0) is 10.9. The summed E-state index contributed by atoms with van der Waals surface area (Å²) in [7, 11) is 0. The fraction of sp³-hybridized carbons (Fsp3) is 0.286. The molecule has 0 amide bonds. The third-order valence-electron chi connectivity index (χ3n) is 1.42. The average Bonchev–Trinajstić information content (AvgIpc) is 2.30. The molecule has 1 aromatic heterocycles. The highest BCUT2D eigenvalue weighted by Gasteiger charge is 2.35. The molecule has 0 atom stereocenters. The number of carbonyl (C=O) groups is 1. The van der Waals surface area contributed by atoms with E-state index in [4.69, 9.17) is 5.11 Å². The van der Waals surface area contributed by atoms with Crippen LogP contribution in [0.2, 0.25) is 0 Å². The molecule has 1 rings (SSSR count). The number of aliphatic carboxylic acids is 1. The van der Waals surface area contributed by atoms with Crippen molar-refractivity contribution >= 4 is 33.2 Å². The van der Waals surface area contributed by atoms with Crippen molar-refractivity contribution < 1.29 is 23.1 Å². The van der Waals surface area contributed by atoms with E-state index in [1.807, 2.05) is 0 Å². The second kappa shape index (κ2) is 3.90. The minimum absolute atomic E-state index is 0.169. The van der Waals surface area contributed by atoms with Gasteiger partial charge in [-0.25, -0.2) is 0 Å². The van der Waals surface area contributed by atoms with E-state index in [1.54, 1.807) is 0 Å². The molecule has 14 heavy (non-hydrogen) atoms. The Kier molecular flexibility index (Phi) is 3.20. The first kappa shape index (κ1) is 11.5. The number of thiophene rings is 1. The van der Waals surface area contributed by atoms with Crippen molar-refractivity contribution in [2.75, 3.05) is 0 Å². The highest BCUT2D eigenvalue weighted by Crippen LogP contribution is 2.40. The summed E-state index contributed by atoms with van der Waals surface area (Å²) in [6.45, 7) is 0. The van der Waals surface area contributed by atoms with Gasteiger partial charge in [0.2, 0.25) is 0 Å². The first-order valence-electron chi connectivity index (χ1n) is 3.37. The van der Waals surface area contributed by atoms with Crippen LogP contribution in [0.25, 0.3) is 0 Å². The molecular weight excluding hydrogens is 285 g/mol. The molecule has 0 saturated carbocycles. The van der Waals surface area contributed by atoms with E-state index in [9.17, 15) is 18.0 Å². The van der Waals surface area contributed by atoms with E-state index in [0.717, 1.165) is 16.7 Å². The van der Waals surface area contributed by atoms with Crippen LogP contribution in [0.5, 0.6) is 0 Å². The molecule has 1 aromatic rings. The molecule has 0 aliphatic rings. The maximum absolute atomic E-state index is 12.2. The zero-order valence-corrected chi connectivity index (χ0v) is 8.96. The molecule has 2 nitrogen and oxygen atoms in total. The molecule has 0 fully saturated rings. The number of hydrogen-bond acceptors (Lipinski definition) is 2. The van der Waals surface area contributed by atoms with Crippen molar-refractivity contribution in [1.82, 2.24) is 0 Å². The van der Waals surface area contributed by atoms with Crippen LogP contribution in [0, 0.1) is 0 Å². The Morgan fingerprint density at radius 1 is 1.57 bits per heavy atom. The van der Waals surface area contributed by atoms with Gasteiger partial charge in [0.05, 0.1) is 12.0 Å². The normalized spacial score (nSPS) is 11.7. The summed E-state index contributed by atoms with van der Waals surface area (Å²) in [5.41, 5.74) is -0.821. The minimum atomic E-state index is -4.44. The fourth-order valence-corrected chi connectivity index (χ4v) is 2.67. The molecule has 0 aliphatic carbocycles. The summed E-state index contributed by atoms with van der Waals surface area (Å²) < 4.78 is 36.5. The third kappa shape index (κ3) is 2.48. The van der Waals surface area contributed by atoms with E-state index in [0.29, 0.717) is 0 Å². The van der Waals surface area contributed by atoms with Crippen LogP contribution in [0.3, 0.4) is 0 Å². The molecule has 0 aromatic carbocycles. The van der Waals surface area contributed by atoms with Gasteiger partial charge in [0.25, 0.3) is 0 Å². The number of halogens is 4. The first-order valence-corrected chi connectivity index (χ1v) is 5.04. The van der Waals surface area contributed by atoms with E-state index < -0.39 is 24.1 Å². The minimum Gasteiger partial charge on any atom is -0.481 e. The van der Waals surface area contributed by atoms with E-state index in [-0.39, 0.29) is 9.35 Å². The van der Waals surface area contributed by atoms with E-state index >= 15 is 0 Å². The van der Waals surface area contributed by atoms with Crippen LogP contribution in [0.4, 0.5) is 13.2 Å². The fourth-order valence-electron chi connectivity index (χ4n) is 0.832. The second-order valence-electron chi connectivity index (χ2n) is 2.45. The van der Waals surface area contributed by atoms with Gasteiger partial charge in [-0.15, -0.1) is 11.3 Å². The molecule has 1 heterocycles. The lowest BCUT2D eigenvalue weighted by atomic mass is 10.2. The van der Waals surface area contributed by atoms with Gasteiger partial charge < -0.3 is 5.11 Å². The van der Waals surface area contributed by atoms with Gasteiger partial charge in [-0.2, -0.15) is 13.2 Å². The Labute approximate surface area is 89.5 Å². The largest absolute Gasteiger partial charge is 0.481 e. The van der Waals surface area contributed by atoms with Gasteiger partial charge in [0, 0.05) is 14.7 Å². The number of rotatable bonds is 2. The Morgan fingerprint density at radius 2 is 2.14 bits per heavy atom. The monoisotopic (exact) mass is 288 g/mol. The van der Waals surface area contributed by atoms with Gasteiger partial charge in [0.15, 0.2) is 0 Å². The third-order valence-corrected chi connectivity index (χ3v) is 3.57. The highest BCUT2D eigenvalue weighted by molar-refractivity contribution is 9.10. The van der Waals surface area contributed by atoms with Crippen molar-refractivity contribution in [2.45, 2.75) is 12.6 Å². The van der Waals surface area contributed by atoms with Crippen molar-refractivity contribution in [3.63, 3.8) is 0 Å². The van der Waals surface area contributed by atoms with E-state index in [1.165, 1.54) is 0 Å². The topological polar surface area (TPSA) is 37.3 Å². The van der Waals surface area contributed by atoms with E-state index in [2.05, 4.69) is 15.9 Å². The molecule has 0 spiro atoms. The zero-order valence-electron chi connectivity index (χ0n) is 6.56. The van der Waals surface area contributed by atoms with Gasteiger partial charge in [0.1, 0.15) is 0 Å². The molecular formula is C7H4BrF3O2S. The van der Waals surface area contributed by atoms with Gasteiger partial charge >= 0.3 is 12.1 Å². The smallest absolute Gasteiger partial charge is 0.418 e. The highest BCUT2D eigenvalue weighted by atomic mass is 79.9. The SMILES string of the molecule is O=C(O)Cc1scc(C(F)(F)F)c1Br. The lowest BCUT2D eigenvalue weighted by Crippen LogP contribution is -2.05. The van der Waals surface area contributed by atoms with Crippen molar-refractivity contribution in [3.8, 4) is 0 Å². The lowest BCUT2D eigenvalue weighted by Gasteiger charge is -2.04. The van der Waals surface area contributed by atoms with Crippen LogP contribution < -0.4 is 0 Å². The maximum Gasteiger partial charge on any atom is 0.418 e.